The summed E-state index contributed by atoms with van der Waals surface area (Å²) in [5.74, 6) is 0.366. The molecule has 0 atom stereocenters. The third-order valence-electron chi connectivity index (χ3n) is 6.11. The minimum absolute atomic E-state index is 0.125. The molecule has 7 nitrogen and oxygen atoms in total. The topological polar surface area (TPSA) is 72.2 Å². The zero-order valence-corrected chi connectivity index (χ0v) is 18.5. The average Bonchev–Trinajstić information content (AvgIpc) is 3.39. The largest absolute Gasteiger partial charge is 0.352 e. The van der Waals surface area contributed by atoms with Gasteiger partial charge >= 0.3 is 0 Å². The molecule has 168 valence electrons. The van der Waals surface area contributed by atoms with Crippen molar-refractivity contribution in [3.05, 3.63) is 83.4 Å². The lowest BCUT2D eigenvalue weighted by molar-refractivity contribution is -0.116. The molecule has 0 aliphatic carbocycles. The second-order valence-corrected chi connectivity index (χ2v) is 8.36. The number of carbonyl (C=O) groups excluding carboxylic acids is 1. The average molecular weight is 442 g/mol. The number of fused-ring (bicyclic) bond motifs is 1. The third-order valence-corrected chi connectivity index (χ3v) is 6.11. The standard InChI is InChI=1S/C26H27N5O2/c32-24(27-20-10-12-21(13-11-20)29-15-6-7-16-29)14-19-31-23-9-3-2-8-22(23)28-25(26(31)33)30-17-4-1-5-18-30/h2-3,6-13,15-16H,1,4-5,14,17-19H2,(H,27,32). The Bertz CT molecular complexity index is 1300. The van der Waals surface area contributed by atoms with Crippen molar-refractivity contribution < 1.29 is 4.79 Å². The number of anilines is 2. The van der Waals surface area contributed by atoms with Crippen molar-refractivity contribution in [2.75, 3.05) is 23.3 Å². The Kier molecular flexibility index (Phi) is 5.93. The van der Waals surface area contributed by atoms with Gasteiger partial charge in [-0.15, -0.1) is 0 Å². The van der Waals surface area contributed by atoms with Crippen molar-refractivity contribution >= 4 is 28.4 Å². The fraction of sp³-hybridized carbons (Fsp3) is 0.269. The molecule has 1 fully saturated rings. The smallest absolute Gasteiger partial charge is 0.294 e. The van der Waals surface area contributed by atoms with E-state index < -0.39 is 0 Å². The van der Waals surface area contributed by atoms with Crippen molar-refractivity contribution in [3.8, 4) is 5.69 Å². The summed E-state index contributed by atoms with van der Waals surface area (Å²) in [4.78, 5) is 32.8. The third kappa shape index (κ3) is 4.53. The van der Waals surface area contributed by atoms with E-state index in [1.165, 1.54) is 6.42 Å². The van der Waals surface area contributed by atoms with Gasteiger partial charge in [-0.1, -0.05) is 12.1 Å². The van der Waals surface area contributed by atoms with Crippen molar-refractivity contribution in [1.82, 2.24) is 14.1 Å². The number of aryl methyl sites for hydroxylation is 1. The van der Waals surface area contributed by atoms with E-state index in [9.17, 15) is 9.59 Å². The molecular formula is C26H27N5O2. The molecule has 7 heteroatoms. The number of benzene rings is 2. The second kappa shape index (κ2) is 9.32. The molecule has 0 bridgehead atoms. The first-order valence-electron chi connectivity index (χ1n) is 11.5. The molecule has 1 aliphatic heterocycles. The number of aromatic nitrogens is 3. The molecule has 0 radical (unpaired) electrons. The molecule has 33 heavy (non-hydrogen) atoms. The first-order chi connectivity index (χ1) is 16.2. The van der Waals surface area contributed by atoms with Crippen molar-refractivity contribution in [2.24, 2.45) is 0 Å². The molecule has 0 saturated carbocycles. The first-order valence-corrected chi connectivity index (χ1v) is 11.5. The summed E-state index contributed by atoms with van der Waals surface area (Å²) >= 11 is 0. The fourth-order valence-corrected chi connectivity index (χ4v) is 4.37. The van der Waals surface area contributed by atoms with Crippen LogP contribution in [0.1, 0.15) is 25.7 Å². The summed E-state index contributed by atoms with van der Waals surface area (Å²) in [5.41, 5.74) is 3.17. The first kappa shape index (κ1) is 21.0. The predicted molar refractivity (Wildman–Crippen MR) is 131 cm³/mol. The van der Waals surface area contributed by atoms with Crippen LogP contribution in [0.25, 0.3) is 16.7 Å². The molecule has 1 amide bonds. The zero-order chi connectivity index (χ0) is 22.6. The number of carbonyl (C=O) groups is 1. The quantitative estimate of drug-likeness (QED) is 0.487. The normalized spacial score (nSPS) is 13.9. The van der Waals surface area contributed by atoms with E-state index in [1.807, 2.05) is 77.6 Å². The van der Waals surface area contributed by atoms with Gasteiger partial charge in [0.05, 0.1) is 11.0 Å². The molecule has 0 unspecified atom stereocenters. The maximum atomic E-state index is 13.3. The Morgan fingerprint density at radius 2 is 1.64 bits per heavy atom. The Hall–Kier alpha value is -3.87. The fourth-order valence-electron chi connectivity index (χ4n) is 4.37. The van der Waals surface area contributed by atoms with E-state index in [0.717, 1.165) is 48.3 Å². The lowest BCUT2D eigenvalue weighted by Crippen LogP contribution is -2.37. The van der Waals surface area contributed by atoms with Crippen LogP contribution in [0.3, 0.4) is 0 Å². The summed E-state index contributed by atoms with van der Waals surface area (Å²) < 4.78 is 3.70. The number of para-hydroxylation sites is 2. The van der Waals surface area contributed by atoms with Crippen LogP contribution in [0.15, 0.2) is 77.9 Å². The molecule has 1 N–H and O–H groups in total. The van der Waals surface area contributed by atoms with Gasteiger partial charge in [0.25, 0.3) is 5.56 Å². The molecular weight excluding hydrogens is 414 g/mol. The Morgan fingerprint density at radius 1 is 0.909 bits per heavy atom. The molecule has 4 aromatic rings. The summed E-state index contributed by atoms with van der Waals surface area (Å²) in [7, 11) is 0. The van der Waals surface area contributed by atoms with Crippen LogP contribution < -0.4 is 15.8 Å². The number of nitrogens with one attached hydrogen (secondary N) is 1. The number of amides is 1. The summed E-state index contributed by atoms with van der Waals surface area (Å²) in [6, 6.07) is 19.3. The molecule has 1 aliphatic rings. The predicted octanol–water partition coefficient (Wildman–Crippen LogP) is 4.21. The maximum Gasteiger partial charge on any atom is 0.294 e. The van der Waals surface area contributed by atoms with Crippen LogP contribution in [0.2, 0.25) is 0 Å². The van der Waals surface area contributed by atoms with Gasteiger partial charge in [0.1, 0.15) is 0 Å². The number of hydrogen-bond acceptors (Lipinski definition) is 4. The molecule has 5 rings (SSSR count). The van der Waals surface area contributed by atoms with Gasteiger partial charge in [0, 0.05) is 49.8 Å². The van der Waals surface area contributed by atoms with Crippen molar-refractivity contribution in [1.29, 1.82) is 0 Å². The minimum atomic E-state index is -0.129. The maximum absolute atomic E-state index is 13.3. The lowest BCUT2D eigenvalue weighted by Gasteiger charge is -2.27. The second-order valence-electron chi connectivity index (χ2n) is 8.36. The van der Waals surface area contributed by atoms with E-state index in [0.29, 0.717) is 12.4 Å². The molecule has 0 spiro atoms. The highest BCUT2D eigenvalue weighted by Gasteiger charge is 2.19. The van der Waals surface area contributed by atoms with Crippen LogP contribution in [-0.2, 0) is 11.3 Å². The minimum Gasteiger partial charge on any atom is -0.352 e. The highest BCUT2D eigenvalue weighted by molar-refractivity contribution is 5.90. The van der Waals surface area contributed by atoms with Crippen LogP contribution in [0.4, 0.5) is 11.5 Å². The summed E-state index contributed by atoms with van der Waals surface area (Å²) in [6.07, 6.45) is 7.47. The lowest BCUT2D eigenvalue weighted by atomic mass is 10.1. The monoisotopic (exact) mass is 441 g/mol. The Balaban J connectivity index is 1.33. The van der Waals surface area contributed by atoms with Crippen LogP contribution in [-0.4, -0.2) is 33.1 Å². The van der Waals surface area contributed by atoms with Gasteiger partial charge in [-0.2, -0.15) is 0 Å². The van der Waals surface area contributed by atoms with E-state index >= 15 is 0 Å². The van der Waals surface area contributed by atoms with Crippen LogP contribution in [0.5, 0.6) is 0 Å². The highest BCUT2D eigenvalue weighted by atomic mass is 16.2. The van der Waals surface area contributed by atoms with E-state index in [-0.39, 0.29) is 17.9 Å². The number of nitrogens with zero attached hydrogens (tertiary/aromatic N) is 4. The van der Waals surface area contributed by atoms with Gasteiger partial charge in [-0.05, 0) is 67.8 Å². The van der Waals surface area contributed by atoms with E-state index in [1.54, 1.807) is 4.57 Å². The summed E-state index contributed by atoms with van der Waals surface area (Å²) in [5, 5.41) is 2.94. The van der Waals surface area contributed by atoms with Crippen LogP contribution in [0, 0.1) is 0 Å². The number of hydrogen-bond donors (Lipinski definition) is 1. The Morgan fingerprint density at radius 3 is 2.39 bits per heavy atom. The van der Waals surface area contributed by atoms with Gasteiger partial charge in [0.2, 0.25) is 5.91 Å². The van der Waals surface area contributed by atoms with Crippen molar-refractivity contribution in [2.45, 2.75) is 32.2 Å². The number of rotatable bonds is 6. The van der Waals surface area contributed by atoms with Crippen LogP contribution >= 0.6 is 0 Å². The Labute approximate surface area is 192 Å². The van der Waals surface area contributed by atoms with E-state index in [2.05, 4.69) is 15.2 Å². The molecule has 2 aromatic carbocycles. The van der Waals surface area contributed by atoms with Gasteiger partial charge in [0.15, 0.2) is 5.82 Å². The molecule has 1 saturated heterocycles. The SMILES string of the molecule is O=C(CCn1c(=O)c(N2CCCCC2)nc2ccccc21)Nc1ccc(-n2cccc2)cc1. The molecule has 3 heterocycles. The van der Waals surface area contributed by atoms with E-state index in [4.69, 9.17) is 0 Å². The van der Waals surface area contributed by atoms with Crippen molar-refractivity contribution in [3.63, 3.8) is 0 Å². The van der Waals surface area contributed by atoms with Gasteiger partial charge < -0.3 is 19.4 Å². The summed E-state index contributed by atoms with van der Waals surface area (Å²) in [6.45, 7) is 2.00. The zero-order valence-electron chi connectivity index (χ0n) is 18.5. The van der Waals surface area contributed by atoms with Gasteiger partial charge in [-0.25, -0.2) is 4.98 Å². The molecule has 2 aromatic heterocycles. The highest BCUT2D eigenvalue weighted by Crippen LogP contribution is 2.19. The number of piperidine rings is 1. The van der Waals surface area contributed by atoms with Gasteiger partial charge in [-0.3, -0.25) is 9.59 Å².